The van der Waals surface area contributed by atoms with Crippen LogP contribution in [0.15, 0.2) is 24.3 Å². The predicted octanol–water partition coefficient (Wildman–Crippen LogP) is 2.83. The second-order valence-electron chi connectivity index (χ2n) is 6.64. The first-order valence-electron chi connectivity index (χ1n) is 9.80. The molecule has 0 aromatic heterocycles. The molecule has 0 aliphatic rings. The van der Waals surface area contributed by atoms with Gasteiger partial charge in [0, 0.05) is 23.6 Å². The molecule has 5 N–H and O–H groups in total. The molecule has 1 rings (SSSR count). The summed E-state index contributed by atoms with van der Waals surface area (Å²) in [6.07, 6.45) is 3.26. The Morgan fingerprint density at radius 3 is 2.55 bits per heavy atom. The van der Waals surface area contributed by atoms with Gasteiger partial charge in [-0.05, 0) is 44.7 Å². The number of carboxylic acid groups (broad SMARTS) is 1. The van der Waals surface area contributed by atoms with Crippen LogP contribution in [0.1, 0.15) is 50.5 Å². The van der Waals surface area contributed by atoms with Crippen LogP contribution in [0.5, 0.6) is 0 Å². The van der Waals surface area contributed by atoms with Gasteiger partial charge in [0.05, 0.1) is 0 Å². The standard InChI is InChI=1S/C20H30ClN3O5/c21-16-9-4-3-8-15(16)14-29-20(28)24-17(10-5-6-12-22)19(27)23-13-7-1-2-11-18(25)26/h3-4,8-9,17H,1-2,5-7,10-14,22H2,(H,23,27)(H,24,28)(H,25,26)/t17-/m0/s1. The molecule has 1 atom stereocenters. The molecule has 0 saturated carbocycles. The first kappa shape index (κ1) is 24.7. The number of nitrogens with two attached hydrogens (primary N) is 1. The second kappa shape index (κ2) is 14.6. The van der Waals surface area contributed by atoms with Crippen LogP contribution in [0.25, 0.3) is 0 Å². The van der Waals surface area contributed by atoms with Crippen LogP contribution in [0.3, 0.4) is 0 Å². The summed E-state index contributed by atoms with van der Waals surface area (Å²) < 4.78 is 5.18. The van der Waals surface area contributed by atoms with Crippen molar-refractivity contribution >= 4 is 29.6 Å². The highest BCUT2D eigenvalue weighted by Crippen LogP contribution is 2.15. The Bertz CT molecular complexity index is 657. The molecule has 0 spiro atoms. The van der Waals surface area contributed by atoms with Gasteiger partial charge in [0.25, 0.3) is 0 Å². The minimum absolute atomic E-state index is 0.00617. The van der Waals surface area contributed by atoms with Crippen molar-refractivity contribution in [3.63, 3.8) is 0 Å². The van der Waals surface area contributed by atoms with Gasteiger partial charge in [-0.15, -0.1) is 0 Å². The van der Waals surface area contributed by atoms with Crippen molar-refractivity contribution in [2.45, 2.75) is 57.6 Å². The largest absolute Gasteiger partial charge is 0.481 e. The van der Waals surface area contributed by atoms with E-state index < -0.39 is 18.1 Å². The van der Waals surface area contributed by atoms with E-state index in [0.717, 1.165) is 6.42 Å². The topological polar surface area (TPSA) is 131 Å². The fourth-order valence-electron chi connectivity index (χ4n) is 2.62. The number of benzene rings is 1. The summed E-state index contributed by atoms with van der Waals surface area (Å²) in [5.74, 6) is -1.12. The van der Waals surface area contributed by atoms with Crippen LogP contribution < -0.4 is 16.4 Å². The predicted molar refractivity (Wildman–Crippen MR) is 111 cm³/mol. The first-order chi connectivity index (χ1) is 13.9. The highest BCUT2D eigenvalue weighted by Gasteiger charge is 2.21. The van der Waals surface area contributed by atoms with Gasteiger partial charge >= 0.3 is 12.1 Å². The van der Waals surface area contributed by atoms with Gasteiger partial charge < -0.3 is 26.2 Å². The van der Waals surface area contributed by atoms with Crippen LogP contribution in [0.2, 0.25) is 5.02 Å². The van der Waals surface area contributed by atoms with Gasteiger partial charge in [-0.1, -0.05) is 36.2 Å². The lowest BCUT2D eigenvalue weighted by Crippen LogP contribution is -2.47. The van der Waals surface area contributed by atoms with Gasteiger partial charge in [0.15, 0.2) is 0 Å². The molecule has 1 aromatic carbocycles. The number of aliphatic carboxylic acids is 1. The molecular formula is C20H30ClN3O5. The number of carbonyl (C=O) groups is 3. The zero-order valence-corrected chi connectivity index (χ0v) is 17.2. The molecule has 9 heteroatoms. The number of hydrogen-bond acceptors (Lipinski definition) is 5. The molecule has 8 nitrogen and oxygen atoms in total. The number of carbonyl (C=O) groups excluding carboxylic acids is 2. The van der Waals surface area contributed by atoms with E-state index >= 15 is 0 Å². The maximum absolute atomic E-state index is 12.4. The van der Waals surface area contributed by atoms with E-state index in [4.69, 9.17) is 27.2 Å². The Hall–Kier alpha value is -2.32. The number of ether oxygens (including phenoxy) is 1. The summed E-state index contributed by atoms with van der Waals surface area (Å²) in [5, 5.41) is 14.5. The lowest BCUT2D eigenvalue weighted by molar-refractivity contribution is -0.137. The Kier molecular flexibility index (Phi) is 12.5. The number of rotatable bonds is 14. The lowest BCUT2D eigenvalue weighted by atomic mass is 10.1. The summed E-state index contributed by atoms with van der Waals surface area (Å²) in [5.41, 5.74) is 6.18. The van der Waals surface area contributed by atoms with Crippen molar-refractivity contribution in [2.24, 2.45) is 5.73 Å². The van der Waals surface area contributed by atoms with Crippen molar-refractivity contribution in [3.8, 4) is 0 Å². The third-order valence-corrected chi connectivity index (χ3v) is 4.61. The van der Waals surface area contributed by atoms with Crippen LogP contribution in [-0.4, -0.2) is 42.2 Å². The Labute approximate surface area is 176 Å². The van der Waals surface area contributed by atoms with Gasteiger partial charge in [-0.2, -0.15) is 0 Å². The summed E-state index contributed by atoms with van der Waals surface area (Å²) in [6, 6.07) is 6.32. The van der Waals surface area contributed by atoms with E-state index in [-0.39, 0.29) is 18.9 Å². The number of nitrogens with one attached hydrogen (secondary N) is 2. The first-order valence-corrected chi connectivity index (χ1v) is 10.2. The third kappa shape index (κ3) is 11.3. The second-order valence-corrected chi connectivity index (χ2v) is 7.05. The molecule has 162 valence electrons. The van der Waals surface area contributed by atoms with Crippen molar-refractivity contribution in [1.29, 1.82) is 0 Å². The lowest BCUT2D eigenvalue weighted by Gasteiger charge is -2.18. The molecule has 0 aliphatic heterocycles. The fourth-order valence-corrected chi connectivity index (χ4v) is 2.81. The van der Waals surface area contributed by atoms with E-state index in [0.29, 0.717) is 55.8 Å². The summed E-state index contributed by atoms with van der Waals surface area (Å²) in [6.45, 7) is 0.934. The van der Waals surface area contributed by atoms with Gasteiger partial charge in [-0.3, -0.25) is 9.59 Å². The smallest absolute Gasteiger partial charge is 0.408 e. The van der Waals surface area contributed by atoms with E-state index in [2.05, 4.69) is 10.6 Å². The number of amides is 2. The molecule has 0 unspecified atom stereocenters. The van der Waals surface area contributed by atoms with E-state index in [1.54, 1.807) is 24.3 Å². The SMILES string of the molecule is NCCCC[C@H](NC(=O)OCc1ccccc1Cl)C(=O)NCCCCCC(=O)O. The van der Waals surface area contributed by atoms with Crippen molar-refractivity contribution in [3.05, 3.63) is 34.9 Å². The van der Waals surface area contributed by atoms with E-state index in [9.17, 15) is 14.4 Å². The van der Waals surface area contributed by atoms with Crippen molar-refractivity contribution in [2.75, 3.05) is 13.1 Å². The monoisotopic (exact) mass is 427 g/mol. The molecule has 2 amide bonds. The van der Waals surface area contributed by atoms with Crippen molar-refractivity contribution < 1.29 is 24.2 Å². The van der Waals surface area contributed by atoms with E-state index in [1.165, 1.54) is 0 Å². The van der Waals surface area contributed by atoms with Gasteiger partial charge in [0.1, 0.15) is 12.6 Å². The number of alkyl carbamates (subject to hydrolysis) is 1. The Morgan fingerprint density at radius 2 is 1.86 bits per heavy atom. The summed E-state index contributed by atoms with van der Waals surface area (Å²) >= 11 is 6.04. The molecular weight excluding hydrogens is 398 g/mol. The minimum atomic E-state index is -0.825. The molecule has 0 fully saturated rings. The average Bonchev–Trinajstić information content (AvgIpc) is 2.69. The van der Waals surface area contributed by atoms with Crippen LogP contribution in [-0.2, 0) is 20.9 Å². The molecule has 0 radical (unpaired) electrons. The zero-order valence-electron chi connectivity index (χ0n) is 16.5. The van der Waals surface area contributed by atoms with Crippen LogP contribution >= 0.6 is 11.6 Å². The molecule has 0 heterocycles. The average molecular weight is 428 g/mol. The normalized spacial score (nSPS) is 11.5. The fraction of sp³-hybridized carbons (Fsp3) is 0.550. The number of unbranched alkanes of at least 4 members (excludes halogenated alkanes) is 3. The highest BCUT2D eigenvalue weighted by molar-refractivity contribution is 6.31. The number of halogens is 1. The van der Waals surface area contributed by atoms with Crippen LogP contribution in [0, 0.1) is 0 Å². The highest BCUT2D eigenvalue weighted by atomic mass is 35.5. The third-order valence-electron chi connectivity index (χ3n) is 4.24. The Balaban J connectivity index is 2.44. The van der Waals surface area contributed by atoms with Gasteiger partial charge in [-0.25, -0.2) is 4.79 Å². The van der Waals surface area contributed by atoms with E-state index in [1.807, 2.05) is 0 Å². The molecule has 0 saturated heterocycles. The number of hydrogen-bond donors (Lipinski definition) is 4. The molecule has 29 heavy (non-hydrogen) atoms. The summed E-state index contributed by atoms with van der Waals surface area (Å²) in [7, 11) is 0. The number of carboxylic acids is 1. The zero-order chi connectivity index (χ0) is 21.5. The summed E-state index contributed by atoms with van der Waals surface area (Å²) in [4.78, 5) is 35.0. The maximum atomic E-state index is 12.4. The Morgan fingerprint density at radius 1 is 1.10 bits per heavy atom. The van der Waals surface area contributed by atoms with Crippen molar-refractivity contribution in [1.82, 2.24) is 10.6 Å². The maximum Gasteiger partial charge on any atom is 0.408 e. The van der Waals surface area contributed by atoms with Gasteiger partial charge in [0.2, 0.25) is 5.91 Å². The molecule has 0 aliphatic carbocycles. The quantitative estimate of drug-likeness (QED) is 0.338. The molecule has 0 bridgehead atoms. The minimum Gasteiger partial charge on any atom is -0.481 e. The van der Waals surface area contributed by atoms with Crippen LogP contribution in [0.4, 0.5) is 4.79 Å². The molecule has 1 aromatic rings.